The highest BCUT2D eigenvalue weighted by Gasteiger charge is 2.48. The van der Waals surface area contributed by atoms with Crippen molar-refractivity contribution in [2.75, 3.05) is 13.2 Å². The summed E-state index contributed by atoms with van der Waals surface area (Å²) in [6, 6.07) is 2.57. The second-order valence-electron chi connectivity index (χ2n) is 5.19. The van der Waals surface area contributed by atoms with Crippen molar-refractivity contribution in [3.63, 3.8) is 0 Å². The van der Waals surface area contributed by atoms with Gasteiger partial charge in [0.15, 0.2) is 0 Å². The maximum Gasteiger partial charge on any atom is 0.391 e. The largest absolute Gasteiger partial charge is 0.391 e. The van der Waals surface area contributed by atoms with Crippen molar-refractivity contribution in [2.24, 2.45) is 5.92 Å². The van der Waals surface area contributed by atoms with Gasteiger partial charge in [0.2, 0.25) is 0 Å². The number of hydrogen-bond donors (Lipinski definition) is 1. The van der Waals surface area contributed by atoms with Crippen molar-refractivity contribution in [1.29, 1.82) is 5.26 Å². The number of halogens is 3. The zero-order valence-corrected chi connectivity index (χ0v) is 10.1. The van der Waals surface area contributed by atoms with Gasteiger partial charge in [-0.05, 0) is 31.6 Å². The van der Waals surface area contributed by atoms with Gasteiger partial charge < -0.3 is 4.74 Å². The molecule has 2 aliphatic rings. The monoisotopic (exact) mass is 262 g/mol. The Hall–Kier alpha value is -0.800. The fourth-order valence-corrected chi connectivity index (χ4v) is 2.02. The molecule has 1 N–H and O–H groups in total. The van der Waals surface area contributed by atoms with Crippen LogP contribution in [0.25, 0.3) is 0 Å². The molecule has 0 radical (unpaired) electrons. The van der Waals surface area contributed by atoms with Crippen LogP contribution in [0, 0.1) is 17.2 Å². The highest BCUT2D eigenvalue weighted by molar-refractivity contribution is 5.17. The molecule has 6 heteroatoms. The van der Waals surface area contributed by atoms with E-state index in [9.17, 15) is 18.4 Å². The summed E-state index contributed by atoms with van der Waals surface area (Å²) in [7, 11) is 0. The van der Waals surface area contributed by atoms with Crippen LogP contribution in [0.3, 0.4) is 0 Å². The average molecular weight is 262 g/mol. The Labute approximate surface area is 104 Å². The van der Waals surface area contributed by atoms with Gasteiger partial charge in [-0.25, -0.2) is 0 Å². The van der Waals surface area contributed by atoms with Crippen LogP contribution in [0.4, 0.5) is 13.2 Å². The molecule has 3 nitrogen and oxygen atoms in total. The first-order chi connectivity index (χ1) is 8.45. The van der Waals surface area contributed by atoms with Gasteiger partial charge in [0.1, 0.15) is 5.54 Å². The van der Waals surface area contributed by atoms with Crippen molar-refractivity contribution in [3.05, 3.63) is 0 Å². The van der Waals surface area contributed by atoms with Crippen molar-refractivity contribution in [2.45, 2.75) is 49.9 Å². The van der Waals surface area contributed by atoms with Crippen LogP contribution in [0.2, 0.25) is 0 Å². The van der Waals surface area contributed by atoms with E-state index in [0.29, 0.717) is 6.04 Å². The summed E-state index contributed by atoms with van der Waals surface area (Å²) in [4.78, 5) is 0. The average Bonchev–Trinajstić information content (AvgIpc) is 3.13. The first-order valence-corrected chi connectivity index (χ1v) is 6.29. The predicted octanol–water partition coefficient (Wildman–Crippen LogP) is 2.38. The molecule has 0 spiro atoms. The summed E-state index contributed by atoms with van der Waals surface area (Å²) < 4.78 is 41.1. The number of ether oxygens (including phenoxy) is 1. The van der Waals surface area contributed by atoms with E-state index in [1.165, 1.54) is 0 Å². The van der Waals surface area contributed by atoms with Crippen molar-refractivity contribution in [3.8, 4) is 6.07 Å². The summed E-state index contributed by atoms with van der Waals surface area (Å²) in [5.74, 6) is 0.231. The van der Waals surface area contributed by atoms with E-state index in [4.69, 9.17) is 4.74 Å². The third kappa shape index (κ3) is 3.85. The van der Waals surface area contributed by atoms with Crippen LogP contribution in [0.15, 0.2) is 0 Å². The van der Waals surface area contributed by atoms with Gasteiger partial charge in [0.05, 0.1) is 25.7 Å². The second kappa shape index (κ2) is 5.06. The van der Waals surface area contributed by atoms with Crippen LogP contribution in [-0.2, 0) is 4.74 Å². The lowest BCUT2D eigenvalue weighted by Crippen LogP contribution is -2.51. The number of hydrogen-bond acceptors (Lipinski definition) is 3. The van der Waals surface area contributed by atoms with Gasteiger partial charge >= 0.3 is 6.18 Å². The van der Waals surface area contributed by atoms with E-state index in [1.54, 1.807) is 0 Å². The minimum atomic E-state index is -4.20. The SMILES string of the molecule is N#CC(COCCC(F)(F)F)(NC1CC1)C1CC1. The summed E-state index contributed by atoms with van der Waals surface area (Å²) in [6.07, 6.45) is -1.16. The zero-order chi connectivity index (χ0) is 13.2. The van der Waals surface area contributed by atoms with E-state index in [2.05, 4.69) is 11.4 Å². The van der Waals surface area contributed by atoms with E-state index >= 15 is 0 Å². The molecule has 0 amide bonds. The van der Waals surface area contributed by atoms with Gasteiger partial charge in [-0.3, -0.25) is 5.32 Å². The Morgan fingerprint density at radius 1 is 1.22 bits per heavy atom. The highest BCUT2D eigenvalue weighted by atomic mass is 19.4. The lowest BCUT2D eigenvalue weighted by atomic mass is 9.96. The van der Waals surface area contributed by atoms with Crippen molar-refractivity contribution in [1.82, 2.24) is 5.32 Å². The summed E-state index contributed by atoms with van der Waals surface area (Å²) in [5, 5.41) is 12.6. The summed E-state index contributed by atoms with van der Waals surface area (Å²) >= 11 is 0. The predicted molar refractivity (Wildman–Crippen MR) is 58.7 cm³/mol. The van der Waals surface area contributed by atoms with E-state index in [1.807, 2.05) is 0 Å². The zero-order valence-electron chi connectivity index (χ0n) is 10.1. The molecular weight excluding hydrogens is 245 g/mol. The molecule has 2 fully saturated rings. The molecule has 2 aliphatic carbocycles. The Morgan fingerprint density at radius 3 is 2.33 bits per heavy atom. The van der Waals surface area contributed by atoms with E-state index in [0.717, 1.165) is 25.7 Å². The number of alkyl halides is 3. The molecule has 0 saturated heterocycles. The standard InChI is InChI=1S/C12H17F3N2O/c13-12(14,15)5-6-18-8-11(7-16,9-1-2-9)17-10-3-4-10/h9-10,17H,1-6,8H2. The molecule has 0 heterocycles. The Balaban J connectivity index is 1.80. The van der Waals surface area contributed by atoms with Gasteiger partial charge in [-0.15, -0.1) is 0 Å². The topological polar surface area (TPSA) is 45.0 Å². The summed E-state index contributed by atoms with van der Waals surface area (Å²) in [6.45, 7) is -0.313. The molecule has 1 atom stereocenters. The number of rotatable bonds is 7. The van der Waals surface area contributed by atoms with E-state index < -0.39 is 18.1 Å². The van der Waals surface area contributed by atoms with Crippen molar-refractivity contribution >= 4 is 0 Å². The molecule has 0 aromatic carbocycles. The molecular formula is C12H17F3N2O. The molecule has 0 bridgehead atoms. The van der Waals surface area contributed by atoms with Gasteiger partial charge in [0.25, 0.3) is 0 Å². The molecule has 18 heavy (non-hydrogen) atoms. The number of nitrogens with one attached hydrogen (secondary N) is 1. The van der Waals surface area contributed by atoms with E-state index in [-0.39, 0.29) is 19.1 Å². The third-order valence-corrected chi connectivity index (χ3v) is 3.37. The van der Waals surface area contributed by atoms with Crippen LogP contribution >= 0.6 is 0 Å². The molecule has 1 unspecified atom stereocenters. The fraction of sp³-hybridized carbons (Fsp3) is 0.917. The molecule has 0 aromatic rings. The van der Waals surface area contributed by atoms with Crippen LogP contribution < -0.4 is 5.32 Å². The maximum absolute atomic E-state index is 12.0. The Morgan fingerprint density at radius 2 is 1.89 bits per heavy atom. The smallest absolute Gasteiger partial charge is 0.378 e. The van der Waals surface area contributed by atoms with Gasteiger partial charge in [-0.1, -0.05) is 0 Å². The quantitative estimate of drug-likeness (QED) is 0.716. The third-order valence-electron chi connectivity index (χ3n) is 3.37. The Bertz CT molecular complexity index is 331. The number of nitriles is 1. The molecule has 102 valence electrons. The number of nitrogens with zero attached hydrogens (tertiary/aromatic N) is 1. The first kappa shape index (κ1) is 13.6. The van der Waals surface area contributed by atoms with Gasteiger partial charge in [0, 0.05) is 6.04 Å². The van der Waals surface area contributed by atoms with Crippen LogP contribution in [0.1, 0.15) is 32.1 Å². The van der Waals surface area contributed by atoms with Crippen LogP contribution in [0.5, 0.6) is 0 Å². The Kier molecular flexibility index (Phi) is 3.83. The molecule has 0 aliphatic heterocycles. The first-order valence-electron chi connectivity index (χ1n) is 6.29. The highest BCUT2D eigenvalue weighted by Crippen LogP contribution is 2.41. The minimum absolute atomic E-state index is 0.0563. The summed E-state index contributed by atoms with van der Waals surface area (Å²) in [5.41, 5.74) is -0.771. The lowest BCUT2D eigenvalue weighted by Gasteiger charge is -2.28. The van der Waals surface area contributed by atoms with Gasteiger partial charge in [-0.2, -0.15) is 18.4 Å². The molecule has 0 aromatic heterocycles. The normalized spacial score (nSPS) is 23.4. The molecule has 2 rings (SSSR count). The van der Waals surface area contributed by atoms with Crippen molar-refractivity contribution < 1.29 is 17.9 Å². The van der Waals surface area contributed by atoms with Crippen LogP contribution in [-0.4, -0.2) is 31.0 Å². The maximum atomic E-state index is 12.0. The lowest BCUT2D eigenvalue weighted by molar-refractivity contribution is -0.146. The second-order valence-corrected chi connectivity index (χ2v) is 5.19. The fourth-order valence-electron chi connectivity index (χ4n) is 2.02. The minimum Gasteiger partial charge on any atom is -0.378 e. The molecule has 2 saturated carbocycles.